The number of amides is 2. The van der Waals surface area contributed by atoms with Gasteiger partial charge in [0.1, 0.15) is 4.90 Å². The van der Waals surface area contributed by atoms with Gasteiger partial charge in [0.25, 0.3) is 5.91 Å². The Morgan fingerprint density at radius 3 is 2.58 bits per heavy atom. The van der Waals surface area contributed by atoms with Gasteiger partial charge in [-0.25, -0.2) is 8.42 Å². The molecule has 0 aliphatic carbocycles. The first kappa shape index (κ1) is 22.8. The fourth-order valence-corrected chi connectivity index (χ4v) is 6.60. The number of aryl methyl sites for hydroxylation is 1. The van der Waals surface area contributed by atoms with Gasteiger partial charge in [-0.05, 0) is 36.8 Å². The molecule has 2 heterocycles. The van der Waals surface area contributed by atoms with Crippen LogP contribution in [0.5, 0.6) is 11.5 Å². The third-order valence-electron chi connectivity index (χ3n) is 5.34. The van der Waals surface area contributed by atoms with E-state index in [1.165, 1.54) is 18.4 Å². The van der Waals surface area contributed by atoms with E-state index in [1.807, 2.05) is 6.92 Å². The van der Waals surface area contributed by atoms with Crippen LogP contribution in [-0.2, 0) is 19.4 Å². The second kappa shape index (κ2) is 8.87. The summed E-state index contributed by atoms with van der Waals surface area (Å²) in [6.45, 7) is 1.55. The van der Waals surface area contributed by atoms with Crippen molar-refractivity contribution < 1.29 is 27.5 Å². The molecule has 2 aromatic carbocycles. The second-order valence-electron chi connectivity index (χ2n) is 7.63. The molecule has 3 aromatic rings. The van der Waals surface area contributed by atoms with E-state index in [4.69, 9.17) is 15.2 Å². The van der Waals surface area contributed by atoms with Gasteiger partial charge in [0, 0.05) is 22.6 Å². The zero-order valence-electron chi connectivity index (χ0n) is 18.0. The van der Waals surface area contributed by atoms with E-state index in [0.717, 1.165) is 16.0 Å². The summed E-state index contributed by atoms with van der Waals surface area (Å²) in [5.74, 6) is -0.588. The number of carbonyl (C=O) groups is 2. The number of primary amides is 1. The van der Waals surface area contributed by atoms with Gasteiger partial charge in [0.2, 0.25) is 15.7 Å². The van der Waals surface area contributed by atoms with Gasteiger partial charge in [-0.2, -0.15) is 0 Å². The lowest BCUT2D eigenvalue weighted by atomic mass is 9.90. The summed E-state index contributed by atoms with van der Waals surface area (Å²) in [5.41, 5.74) is 7.16. The minimum Gasteiger partial charge on any atom is -0.493 e. The number of hydrogen-bond acceptors (Lipinski definition) is 7. The van der Waals surface area contributed by atoms with Crippen molar-refractivity contribution in [3.8, 4) is 11.5 Å². The number of carbonyl (C=O) groups excluding carboxylic acids is 2. The molecular weight excluding hydrogens is 464 g/mol. The summed E-state index contributed by atoms with van der Waals surface area (Å²) < 4.78 is 37.3. The largest absolute Gasteiger partial charge is 0.493 e. The quantitative estimate of drug-likeness (QED) is 0.528. The molecule has 8 nitrogen and oxygen atoms in total. The number of sulfone groups is 1. The topological polar surface area (TPSA) is 125 Å². The van der Waals surface area contributed by atoms with E-state index in [9.17, 15) is 18.0 Å². The van der Waals surface area contributed by atoms with E-state index in [-0.39, 0.29) is 34.6 Å². The number of methoxy groups -OCH3 is 1. The van der Waals surface area contributed by atoms with Crippen molar-refractivity contribution in [3.05, 3.63) is 63.8 Å². The van der Waals surface area contributed by atoms with Crippen molar-refractivity contribution in [2.75, 3.05) is 19.0 Å². The molecule has 4 rings (SSSR count). The number of anilines is 1. The minimum absolute atomic E-state index is 0.0723. The van der Waals surface area contributed by atoms with Gasteiger partial charge in [0.15, 0.2) is 18.1 Å². The fourth-order valence-electron chi connectivity index (χ4n) is 3.69. The highest BCUT2D eigenvalue weighted by atomic mass is 32.2. The predicted molar refractivity (Wildman–Crippen MR) is 124 cm³/mol. The van der Waals surface area contributed by atoms with Crippen LogP contribution in [0.3, 0.4) is 0 Å². The lowest BCUT2D eigenvalue weighted by Crippen LogP contribution is -2.23. The number of hydrogen-bond donors (Lipinski definition) is 2. The molecule has 1 atom stereocenters. The average Bonchev–Trinajstić information content (AvgIpc) is 3.21. The van der Waals surface area contributed by atoms with Crippen molar-refractivity contribution in [1.82, 2.24) is 0 Å². The molecule has 2 amide bonds. The molecule has 33 heavy (non-hydrogen) atoms. The van der Waals surface area contributed by atoms with E-state index in [1.54, 1.807) is 47.8 Å². The number of fused-ring (bicyclic) bond motifs is 1. The summed E-state index contributed by atoms with van der Waals surface area (Å²) in [6, 6.07) is 11.7. The van der Waals surface area contributed by atoms with Gasteiger partial charge >= 0.3 is 0 Å². The van der Waals surface area contributed by atoms with Gasteiger partial charge in [0.05, 0.1) is 17.7 Å². The molecule has 0 radical (unpaired) electrons. The van der Waals surface area contributed by atoms with Crippen molar-refractivity contribution in [2.45, 2.75) is 29.1 Å². The number of rotatable bonds is 7. The standard InChI is InChI=1S/C23H22N2O6S2/c1-13-3-6-15(7-4-13)33(28,29)19-12-32-23-16(10-21(27)25-22(19)23)14-5-8-17(30-2)18(9-14)31-11-20(24)26/h3-9,12,16H,10-11H2,1-2H3,(H2,24,26)(H,25,27)/t16-/m0/s1. The minimum atomic E-state index is -3.82. The smallest absolute Gasteiger partial charge is 0.255 e. The Hall–Kier alpha value is -3.37. The van der Waals surface area contributed by atoms with Gasteiger partial charge < -0.3 is 20.5 Å². The Balaban J connectivity index is 1.76. The Kier molecular flexibility index (Phi) is 6.13. The van der Waals surface area contributed by atoms with Crippen molar-refractivity contribution in [1.29, 1.82) is 0 Å². The maximum absolute atomic E-state index is 13.3. The average molecular weight is 487 g/mol. The van der Waals surface area contributed by atoms with E-state index >= 15 is 0 Å². The van der Waals surface area contributed by atoms with Gasteiger partial charge in [-0.3, -0.25) is 9.59 Å². The lowest BCUT2D eigenvalue weighted by Gasteiger charge is -2.24. The summed E-state index contributed by atoms with van der Waals surface area (Å²) in [4.78, 5) is 24.7. The van der Waals surface area contributed by atoms with E-state index < -0.39 is 15.7 Å². The number of nitrogens with one attached hydrogen (secondary N) is 1. The molecule has 3 N–H and O–H groups in total. The van der Waals surface area contributed by atoms with E-state index in [0.29, 0.717) is 17.2 Å². The molecular formula is C23H22N2O6S2. The van der Waals surface area contributed by atoms with Crippen molar-refractivity contribution in [3.63, 3.8) is 0 Å². The van der Waals surface area contributed by atoms with Crippen LogP contribution in [-0.4, -0.2) is 33.9 Å². The van der Waals surface area contributed by atoms with Crippen LogP contribution in [0.25, 0.3) is 0 Å². The van der Waals surface area contributed by atoms with Crippen LogP contribution in [0, 0.1) is 6.92 Å². The molecule has 10 heteroatoms. The maximum atomic E-state index is 13.3. The number of ether oxygens (including phenoxy) is 2. The first-order chi connectivity index (χ1) is 15.7. The van der Waals surface area contributed by atoms with Gasteiger partial charge in [-0.15, -0.1) is 11.3 Å². The van der Waals surface area contributed by atoms with Crippen LogP contribution in [0.1, 0.15) is 28.3 Å². The molecule has 1 aromatic heterocycles. The molecule has 0 spiro atoms. The molecule has 0 unspecified atom stereocenters. The number of thiophene rings is 1. The van der Waals surface area contributed by atoms with Crippen molar-refractivity contribution >= 4 is 38.7 Å². The Bertz CT molecular complexity index is 1330. The SMILES string of the molecule is COc1ccc([C@@H]2CC(=O)Nc3c(S(=O)(=O)c4ccc(C)cc4)csc32)cc1OCC(N)=O. The third kappa shape index (κ3) is 4.44. The highest BCUT2D eigenvalue weighted by molar-refractivity contribution is 7.91. The van der Waals surface area contributed by atoms with E-state index in [2.05, 4.69) is 5.32 Å². The molecule has 0 bridgehead atoms. The lowest BCUT2D eigenvalue weighted by molar-refractivity contribution is -0.120. The van der Waals surface area contributed by atoms with Crippen LogP contribution >= 0.6 is 11.3 Å². The zero-order valence-corrected chi connectivity index (χ0v) is 19.6. The van der Waals surface area contributed by atoms with Crippen LogP contribution in [0.15, 0.2) is 57.6 Å². The predicted octanol–water partition coefficient (Wildman–Crippen LogP) is 3.24. The van der Waals surface area contributed by atoms with Crippen LogP contribution in [0.4, 0.5) is 5.69 Å². The highest BCUT2D eigenvalue weighted by Gasteiger charge is 2.34. The summed E-state index contributed by atoms with van der Waals surface area (Å²) in [6.07, 6.45) is 0.138. The first-order valence-corrected chi connectivity index (χ1v) is 12.4. The number of nitrogens with two attached hydrogens (primary N) is 1. The molecule has 0 saturated heterocycles. The molecule has 1 aliphatic rings. The Morgan fingerprint density at radius 1 is 1.18 bits per heavy atom. The maximum Gasteiger partial charge on any atom is 0.255 e. The molecule has 0 fully saturated rings. The van der Waals surface area contributed by atoms with Crippen LogP contribution in [0.2, 0.25) is 0 Å². The summed E-state index contributed by atoms with van der Waals surface area (Å²) in [7, 11) is -2.35. The Morgan fingerprint density at radius 2 is 1.91 bits per heavy atom. The summed E-state index contributed by atoms with van der Waals surface area (Å²) in [5, 5.41) is 4.31. The van der Waals surface area contributed by atoms with Crippen molar-refractivity contribution in [2.24, 2.45) is 5.73 Å². The molecule has 1 aliphatic heterocycles. The second-order valence-corrected chi connectivity index (χ2v) is 10.5. The normalized spacial score (nSPS) is 15.5. The summed E-state index contributed by atoms with van der Waals surface area (Å²) >= 11 is 1.28. The monoisotopic (exact) mass is 486 g/mol. The molecule has 0 saturated carbocycles. The number of benzene rings is 2. The fraction of sp³-hybridized carbons (Fsp3) is 0.217. The third-order valence-corrected chi connectivity index (χ3v) is 8.38. The van der Waals surface area contributed by atoms with Crippen LogP contribution < -0.4 is 20.5 Å². The highest BCUT2D eigenvalue weighted by Crippen LogP contribution is 2.47. The first-order valence-electron chi connectivity index (χ1n) is 10.0. The molecule has 172 valence electrons. The zero-order chi connectivity index (χ0) is 23.8. The Labute approximate surface area is 195 Å². The van der Waals surface area contributed by atoms with Gasteiger partial charge in [-0.1, -0.05) is 23.8 Å².